The monoisotopic (exact) mass is 944 g/mol. The number of allylic oxidation sites excluding steroid dienone is 4. The van der Waals surface area contributed by atoms with Crippen molar-refractivity contribution >= 4 is 11.9 Å². The number of unbranched alkanes of at least 4 members (excludes halogenated alkanes) is 41. The van der Waals surface area contributed by atoms with Crippen LogP contribution in [0.3, 0.4) is 0 Å². The number of carbonyl (C=O) groups is 2. The molecule has 396 valence electrons. The zero-order valence-corrected chi connectivity index (χ0v) is 45.1. The van der Waals surface area contributed by atoms with Crippen molar-refractivity contribution in [2.75, 3.05) is 13.2 Å². The maximum absolute atomic E-state index is 12.5. The summed E-state index contributed by atoms with van der Waals surface area (Å²) in [6.07, 6.45) is 68.8. The molecular weight excluding hydrogens is 827 g/mol. The predicted molar refractivity (Wildman–Crippen MR) is 292 cm³/mol. The van der Waals surface area contributed by atoms with Crippen molar-refractivity contribution in [2.45, 2.75) is 341 Å². The van der Waals surface area contributed by atoms with Crippen molar-refractivity contribution in [2.24, 2.45) is 0 Å². The first-order valence-corrected chi connectivity index (χ1v) is 30.1. The summed E-state index contributed by atoms with van der Waals surface area (Å²) < 4.78 is 5.47. The van der Waals surface area contributed by atoms with Gasteiger partial charge in [0.05, 0.1) is 25.4 Å². The molecule has 0 bridgehead atoms. The minimum absolute atomic E-state index is 0.0185. The fraction of sp³-hybridized carbons (Fsp3) is 0.902. The van der Waals surface area contributed by atoms with Crippen LogP contribution in [0.5, 0.6) is 0 Å². The van der Waals surface area contributed by atoms with E-state index in [-0.39, 0.29) is 18.5 Å². The number of nitrogens with one attached hydrogen (secondary N) is 1. The molecule has 0 aromatic rings. The normalized spacial score (nSPS) is 12.7. The molecule has 2 atom stereocenters. The van der Waals surface area contributed by atoms with E-state index >= 15 is 0 Å². The molecule has 2 unspecified atom stereocenters. The van der Waals surface area contributed by atoms with Gasteiger partial charge in [0.25, 0.3) is 0 Å². The number of carbonyl (C=O) groups excluding carboxylic acids is 2. The molecule has 0 aliphatic heterocycles. The van der Waals surface area contributed by atoms with Gasteiger partial charge in [0.2, 0.25) is 5.91 Å². The minimum atomic E-state index is -0.674. The van der Waals surface area contributed by atoms with E-state index in [0.717, 1.165) is 57.8 Å². The Kier molecular flexibility index (Phi) is 55.5. The molecule has 67 heavy (non-hydrogen) atoms. The van der Waals surface area contributed by atoms with Crippen molar-refractivity contribution < 1.29 is 24.5 Å². The van der Waals surface area contributed by atoms with Gasteiger partial charge in [-0.05, 0) is 57.8 Å². The number of hydrogen-bond donors (Lipinski definition) is 3. The van der Waals surface area contributed by atoms with Gasteiger partial charge in [-0.3, -0.25) is 9.59 Å². The van der Waals surface area contributed by atoms with E-state index in [1.807, 2.05) is 0 Å². The van der Waals surface area contributed by atoms with E-state index in [1.165, 1.54) is 238 Å². The quantitative estimate of drug-likeness (QED) is 0.0321. The lowest BCUT2D eigenvalue weighted by Gasteiger charge is -2.22. The second-order valence-electron chi connectivity index (χ2n) is 20.7. The van der Waals surface area contributed by atoms with Crippen LogP contribution in [0.1, 0.15) is 328 Å². The Morgan fingerprint density at radius 3 is 1.16 bits per heavy atom. The Labute approximate surface area is 418 Å². The average molecular weight is 945 g/mol. The Balaban J connectivity index is 3.45. The zero-order valence-electron chi connectivity index (χ0n) is 45.1. The van der Waals surface area contributed by atoms with E-state index in [2.05, 4.69) is 43.5 Å². The van der Waals surface area contributed by atoms with Gasteiger partial charge >= 0.3 is 5.97 Å². The van der Waals surface area contributed by atoms with Gasteiger partial charge in [-0.1, -0.05) is 282 Å². The number of esters is 1. The van der Waals surface area contributed by atoms with Crippen LogP contribution in [0.2, 0.25) is 0 Å². The first kappa shape index (κ1) is 65.3. The third-order valence-electron chi connectivity index (χ3n) is 14.0. The number of amides is 1. The van der Waals surface area contributed by atoms with Crippen LogP contribution in [-0.4, -0.2) is 47.4 Å². The third kappa shape index (κ3) is 53.5. The summed E-state index contributed by atoms with van der Waals surface area (Å²) in [7, 11) is 0. The van der Waals surface area contributed by atoms with Gasteiger partial charge in [-0.25, -0.2) is 0 Å². The maximum atomic E-state index is 12.5. The summed E-state index contributed by atoms with van der Waals surface area (Å²) in [5.41, 5.74) is 0. The lowest BCUT2D eigenvalue weighted by molar-refractivity contribution is -0.143. The molecular formula is C61H117NO5. The molecule has 0 rings (SSSR count). The van der Waals surface area contributed by atoms with Crippen LogP contribution in [-0.2, 0) is 14.3 Å². The molecule has 0 fully saturated rings. The van der Waals surface area contributed by atoms with Gasteiger partial charge in [0.15, 0.2) is 0 Å². The van der Waals surface area contributed by atoms with Crippen molar-refractivity contribution in [3.05, 3.63) is 24.3 Å². The highest BCUT2D eigenvalue weighted by atomic mass is 16.5. The molecule has 6 heteroatoms. The Hall–Kier alpha value is -1.66. The number of ether oxygens (including phenoxy) is 1. The fourth-order valence-corrected chi connectivity index (χ4v) is 9.38. The first-order valence-electron chi connectivity index (χ1n) is 30.1. The van der Waals surface area contributed by atoms with Crippen LogP contribution in [0.4, 0.5) is 0 Å². The fourth-order valence-electron chi connectivity index (χ4n) is 9.38. The molecule has 1 amide bonds. The standard InChI is InChI=1S/C61H117NO5/c1-3-5-7-9-11-13-15-17-19-20-21-22-23-24-25-27-29-33-37-41-45-49-53-59(64)58(57-63)62-60(65)54-50-46-42-38-34-30-28-32-36-40-44-48-52-56-67-61(66)55-51-47-43-39-35-31-26-18-16-14-12-10-8-6-4-2/h12,14,18,26,58-59,63-64H,3-11,13,15-17,19-25,27-57H2,1-2H3,(H,62,65)/b14-12-,26-18-. The van der Waals surface area contributed by atoms with Crippen molar-refractivity contribution in [1.82, 2.24) is 5.32 Å². The molecule has 0 saturated carbocycles. The summed E-state index contributed by atoms with van der Waals surface area (Å²) in [5.74, 6) is -0.0639. The highest BCUT2D eigenvalue weighted by Crippen LogP contribution is 2.18. The highest BCUT2D eigenvalue weighted by Gasteiger charge is 2.20. The number of hydrogen-bond acceptors (Lipinski definition) is 5. The summed E-state index contributed by atoms with van der Waals surface area (Å²) in [4.78, 5) is 24.6. The van der Waals surface area contributed by atoms with Gasteiger partial charge in [0, 0.05) is 12.8 Å². The molecule has 0 aliphatic carbocycles. The minimum Gasteiger partial charge on any atom is -0.466 e. The van der Waals surface area contributed by atoms with E-state index in [4.69, 9.17) is 4.74 Å². The van der Waals surface area contributed by atoms with Gasteiger partial charge in [-0.15, -0.1) is 0 Å². The molecule has 0 aromatic heterocycles. The smallest absolute Gasteiger partial charge is 0.305 e. The lowest BCUT2D eigenvalue weighted by atomic mass is 10.0. The van der Waals surface area contributed by atoms with E-state index < -0.39 is 12.1 Å². The van der Waals surface area contributed by atoms with Crippen LogP contribution >= 0.6 is 0 Å². The zero-order chi connectivity index (χ0) is 48.6. The molecule has 0 aliphatic rings. The van der Waals surface area contributed by atoms with E-state index in [1.54, 1.807) is 0 Å². The van der Waals surface area contributed by atoms with Gasteiger partial charge < -0.3 is 20.3 Å². The second kappa shape index (κ2) is 56.9. The first-order chi connectivity index (χ1) is 33.0. The van der Waals surface area contributed by atoms with Crippen LogP contribution in [0.15, 0.2) is 24.3 Å². The van der Waals surface area contributed by atoms with Crippen molar-refractivity contribution in [1.29, 1.82) is 0 Å². The topological polar surface area (TPSA) is 95.9 Å². The third-order valence-corrected chi connectivity index (χ3v) is 14.0. The molecule has 0 spiro atoms. The number of aliphatic hydroxyl groups is 2. The Morgan fingerprint density at radius 2 is 0.746 bits per heavy atom. The Bertz CT molecular complexity index is 1040. The molecule has 3 N–H and O–H groups in total. The van der Waals surface area contributed by atoms with Crippen LogP contribution in [0.25, 0.3) is 0 Å². The van der Waals surface area contributed by atoms with Crippen molar-refractivity contribution in [3.63, 3.8) is 0 Å². The number of rotatable bonds is 56. The highest BCUT2D eigenvalue weighted by molar-refractivity contribution is 5.76. The van der Waals surface area contributed by atoms with Gasteiger partial charge in [0.1, 0.15) is 0 Å². The molecule has 0 heterocycles. The van der Waals surface area contributed by atoms with E-state index in [0.29, 0.717) is 25.9 Å². The lowest BCUT2D eigenvalue weighted by Crippen LogP contribution is -2.45. The Morgan fingerprint density at radius 1 is 0.418 bits per heavy atom. The molecule has 0 aromatic carbocycles. The number of aliphatic hydroxyl groups excluding tert-OH is 2. The summed E-state index contributed by atoms with van der Waals surface area (Å²) in [5, 5.41) is 23.4. The summed E-state index contributed by atoms with van der Waals surface area (Å²) in [6, 6.07) is -0.553. The maximum Gasteiger partial charge on any atom is 0.305 e. The van der Waals surface area contributed by atoms with Gasteiger partial charge in [-0.2, -0.15) is 0 Å². The van der Waals surface area contributed by atoms with Crippen LogP contribution in [0, 0.1) is 0 Å². The molecule has 6 nitrogen and oxygen atoms in total. The second-order valence-corrected chi connectivity index (χ2v) is 20.7. The molecule has 0 saturated heterocycles. The largest absolute Gasteiger partial charge is 0.466 e. The summed E-state index contributed by atoms with van der Waals surface area (Å²) in [6.45, 7) is 4.91. The molecule has 0 radical (unpaired) electrons. The predicted octanol–water partition coefficient (Wildman–Crippen LogP) is 18.6. The SMILES string of the molecule is CCCCC/C=C\C/C=C\CCCCCCCC(=O)OCCCCCCCCCCCCCCCC(=O)NC(CO)C(O)CCCCCCCCCCCCCCCCCCCCCCCC. The van der Waals surface area contributed by atoms with Crippen molar-refractivity contribution in [3.8, 4) is 0 Å². The average Bonchev–Trinajstić information content (AvgIpc) is 3.33. The summed E-state index contributed by atoms with van der Waals surface area (Å²) >= 11 is 0. The van der Waals surface area contributed by atoms with Crippen LogP contribution < -0.4 is 5.32 Å². The van der Waals surface area contributed by atoms with E-state index in [9.17, 15) is 19.8 Å².